The number of hydrogen-bond donors (Lipinski definition) is 3. The van der Waals surface area contributed by atoms with Gasteiger partial charge in [-0.2, -0.15) is 0 Å². The smallest absolute Gasteiger partial charge is 0.506 e. The lowest BCUT2D eigenvalue weighted by molar-refractivity contribution is -0.145. The Hall–Kier alpha value is -2.66. The van der Waals surface area contributed by atoms with Gasteiger partial charge in [-0.15, -0.1) is 0 Å². The van der Waals surface area contributed by atoms with E-state index in [0.717, 1.165) is 12.1 Å². The van der Waals surface area contributed by atoms with Gasteiger partial charge >= 0.3 is 19.1 Å². The van der Waals surface area contributed by atoms with Gasteiger partial charge in [-0.25, -0.2) is 4.39 Å². The van der Waals surface area contributed by atoms with Gasteiger partial charge in [0.15, 0.2) is 6.10 Å². The minimum Gasteiger partial charge on any atom is -0.506 e. The number of benzene rings is 1. The maximum absolute atomic E-state index is 13.7. The monoisotopic (exact) mass is 442 g/mol. The Balaban J connectivity index is 1.97. The molecule has 0 radical (unpaired) electrons. The van der Waals surface area contributed by atoms with Crippen LogP contribution in [-0.4, -0.2) is 54.6 Å². The molecule has 0 spiro atoms. The van der Waals surface area contributed by atoms with Crippen LogP contribution in [0.5, 0.6) is 0 Å². The van der Waals surface area contributed by atoms with E-state index in [1.807, 2.05) is 13.8 Å². The summed E-state index contributed by atoms with van der Waals surface area (Å²) in [7, 11) is -1.16. The summed E-state index contributed by atoms with van der Waals surface area (Å²) in [4.78, 5) is 47.0. The number of amides is 2. The Morgan fingerprint density at radius 3 is 2.67 bits per heavy atom. The summed E-state index contributed by atoms with van der Waals surface area (Å²) in [5.41, 5.74) is -0.307. The lowest BCUT2D eigenvalue weighted by Crippen LogP contribution is -2.50. The van der Waals surface area contributed by atoms with Crippen LogP contribution in [0.1, 0.15) is 37.0 Å². The fourth-order valence-corrected chi connectivity index (χ4v) is 3.01. The molecule has 162 valence electrons. The van der Waals surface area contributed by atoms with Gasteiger partial charge in [0.2, 0.25) is 5.91 Å². The summed E-state index contributed by atoms with van der Waals surface area (Å²) in [6.45, 7) is 3.27. The van der Waals surface area contributed by atoms with Gasteiger partial charge in [0.25, 0.3) is 5.91 Å². The largest absolute Gasteiger partial charge is 0.552 e. The van der Waals surface area contributed by atoms with Crippen molar-refractivity contribution < 1.29 is 38.0 Å². The average molecular weight is 443 g/mol. The maximum atomic E-state index is 13.7. The number of aliphatic carboxylic acids is 1. The molecular weight excluding hydrogens is 421 g/mol. The minimum absolute atomic E-state index is 0.0753. The molecule has 12 heteroatoms. The molecule has 2 atom stereocenters. The SMILES string of the molecule is CC(C)C[C@H](NC(=O)CNC(=O)c1cc(Cl)ccc1F)B1OC(=O)[C@H](CC(=O)O)O1. The predicted molar refractivity (Wildman–Crippen MR) is 104 cm³/mol. The highest BCUT2D eigenvalue weighted by atomic mass is 35.5. The molecule has 0 aliphatic carbocycles. The molecular formula is C18H21BClFN2O7. The zero-order chi connectivity index (χ0) is 22.4. The molecule has 2 amide bonds. The summed E-state index contributed by atoms with van der Waals surface area (Å²) < 4.78 is 24.2. The summed E-state index contributed by atoms with van der Waals surface area (Å²) in [5, 5.41) is 13.9. The molecule has 1 aliphatic rings. The topological polar surface area (TPSA) is 131 Å². The maximum Gasteiger partial charge on any atom is 0.552 e. The lowest BCUT2D eigenvalue weighted by Gasteiger charge is -2.21. The van der Waals surface area contributed by atoms with Crippen LogP contribution < -0.4 is 10.6 Å². The van der Waals surface area contributed by atoms with Crippen molar-refractivity contribution in [1.29, 1.82) is 0 Å². The highest BCUT2D eigenvalue weighted by Crippen LogP contribution is 2.19. The second kappa shape index (κ2) is 10.4. The van der Waals surface area contributed by atoms with Gasteiger partial charge in [0.05, 0.1) is 24.5 Å². The third kappa shape index (κ3) is 6.70. The highest BCUT2D eigenvalue weighted by molar-refractivity contribution is 6.51. The van der Waals surface area contributed by atoms with Gasteiger partial charge in [0, 0.05) is 5.02 Å². The minimum atomic E-state index is -1.26. The van der Waals surface area contributed by atoms with E-state index in [1.54, 1.807) is 0 Å². The van der Waals surface area contributed by atoms with Crippen molar-refractivity contribution >= 4 is 42.5 Å². The van der Waals surface area contributed by atoms with E-state index >= 15 is 0 Å². The van der Waals surface area contributed by atoms with E-state index in [0.29, 0.717) is 6.42 Å². The fraction of sp³-hybridized carbons (Fsp3) is 0.444. The van der Waals surface area contributed by atoms with Crippen molar-refractivity contribution in [3.05, 3.63) is 34.6 Å². The van der Waals surface area contributed by atoms with Crippen LogP contribution >= 0.6 is 11.6 Å². The van der Waals surface area contributed by atoms with E-state index in [-0.39, 0.29) is 16.5 Å². The molecule has 3 N–H and O–H groups in total. The highest BCUT2D eigenvalue weighted by Gasteiger charge is 2.46. The molecule has 30 heavy (non-hydrogen) atoms. The van der Waals surface area contributed by atoms with Gasteiger partial charge in [-0.3, -0.25) is 19.2 Å². The van der Waals surface area contributed by atoms with Crippen LogP contribution in [0, 0.1) is 11.7 Å². The van der Waals surface area contributed by atoms with Crippen LogP contribution in [0.25, 0.3) is 0 Å². The molecule has 1 aliphatic heterocycles. The second-order valence-corrected chi connectivity index (χ2v) is 7.57. The van der Waals surface area contributed by atoms with Crippen LogP contribution in [0.15, 0.2) is 18.2 Å². The zero-order valence-corrected chi connectivity index (χ0v) is 17.1. The summed E-state index contributed by atoms with van der Waals surface area (Å²) in [6.07, 6.45) is -1.45. The van der Waals surface area contributed by atoms with E-state index in [4.69, 9.17) is 26.0 Å². The van der Waals surface area contributed by atoms with Gasteiger partial charge < -0.3 is 25.0 Å². The number of hydrogen-bond acceptors (Lipinski definition) is 6. The van der Waals surface area contributed by atoms with Crippen molar-refractivity contribution in [1.82, 2.24) is 10.6 Å². The molecule has 1 fully saturated rings. The Morgan fingerprint density at radius 2 is 2.03 bits per heavy atom. The number of nitrogens with one attached hydrogen (secondary N) is 2. The molecule has 0 saturated carbocycles. The molecule has 0 aromatic heterocycles. The van der Waals surface area contributed by atoms with Crippen LogP contribution in [0.3, 0.4) is 0 Å². The first kappa shape index (κ1) is 23.6. The van der Waals surface area contributed by atoms with E-state index < -0.39 is 61.7 Å². The number of carboxylic acid groups (broad SMARTS) is 1. The van der Waals surface area contributed by atoms with Crippen molar-refractivity contribution in [2.24, 2.45) is 5.92 Å². The number of rotatable bonds is 9. The average Bonchev–Trinajstić information content (AvgIpc) is 3.00. The number of carboxylic acids is 1. The van der Waals surface area contributed by atoms with Crippen LogP contribution in [0.2, 0.25) is 5.02 Å². The van der Waals surface area contributed by atoms with E-state index in [9.17, 15) is 23.6 Å². The Morgan fingerprint density at radius 1 is 1.33 bits per heavy atom. The first-order valence-electron chi connectivity index (χ1n) is 9.17. The Labute approximate surface area is 177 Å². The van der Waals surface area contributed by atoms with Crippen LogP contribution in [0.4, 0.5) is 4.39 Å². The van der Waals surface area contributed by atoms with Crippen LogP contribution in [-0.2, 0) is 23.7 Å². The van der Waals surface area contributed by atoms with Crippen molar-refractivity contribution in [3.8, 4) is 0 Å². The van der Waals surface area contributed by atoms with E-state index in [2.05, 4.69) is 10.6 Å². The quantitative estimate of drug-likeness (QED) is 0.489. The van der Waals surface area contributed by atoms with Gasteiger partial charge in [-0.05, 0) is 30.5 Å². The standard InChI is InChI=1S/C18H21BClFN2O7/c1-9(2)5-14(19-29-13(7-16(25)26)18(28)30-19)23-15(24)8-22-17(27)11-6-10(20)3-4-12(11)21/h3-4,6,9,13-14H,5,7-8H2,1-2H3,(H,22,27)(H,23,24)(H,25,26)/t13-,14-/m0/s1. The third-order valence-corrected chi connectivity index (χ3v) is 4.37. The summed E-state index contributed by atoms with van der Waals surface area (Å²) >= 11 is 5.75. The molecule has 1 aromatic carbocycles. The first-order valence-corrected chi connectivity index (χ1v) is 9.55. The third-order valence-electron chi connectivity index (χ3n) is 4.14. The molecule has 0 bridgehead atoms. The van der Waals surface area contributed by atoms with Crippen molar-refractivity contribution in [2.45, 2.75) is 38.7 Å². The Bertz CT molecular complexity index is 839. The lowest BCUT2D eigenvalue weighted by atomic mass is 9.74. The zero-order valence-electron chi connectivity index (χ0n) is 16.3. The summed E-state index contributed by atoms with van der Waals surface area (Å²) in [6, 6.07) is 3.47. The molecule has 1 heterocycles. The van der Waals surface area contributed by atoms with Crippen molar-refractivity contribution in [2.75, 3.05) is 6.54 Å². The number of carbonyl (C=O) groups excluding carboxylic acids is 3. The molecule has 1 saturated heterocycles. The first-order chi connectivity index (χ1) is 14.1. The number of halogens is 2. The summed E-state index contributed by atoms with van der Waals surface area (Å²) in [5.74, 6) is -4.97. The Kier molecular flexibility index (Phi) is 8.19. The second-order valence-electron chi connectivity index (χ2n) is 7.14. The van der Waals surface area contributed by atoms with E-state index in [1.165, 1.54) is 6.07 Å². The number of carbonyl (C=O) groups is 4. The molecule has 0 unspecified atom stereocenters. The normalized spacial score (nSPS) is 16.9. The fourth-order valence-electron chi connectivity index (χ4n) is 2.83. The van der Waals surface area contributed by atoms with Gasteiger partial charge in [-0.1, -0.05) is 25.4 Å². The predicted octanol–water partition coefficient (Wildman–Crippen LogP) is 1.18. The molecule has 2 rings (SSSR count). The van der Waals surface area contributed by atoms with Gasteiger partial charge in [0.1, 0.15) is 5.82 Å². The molecule has 9 nitrogen and oxygen atoms in total. The molecule has 1 aromatic rings. The van der Waals surface area contributed by atoms with Crippen molar-refractivity contribution in [3.63, 3.8) is 0 Å².